The van der Waals surface area contributed by atoms with Gasteiger partial charge in [0, 0.05) is 12.5 Å². The van der Waals surface area contributed by atoms with Gasteiger partial charge in [-0.2, -0.15) is 0 Å². The van der Waals surface area contributed by atoms with Gasteiger partial charge in [0.2, 0.25) is 0 Å². The minimum atomic E-state index is -1.11. The molecular formula is C13H20N2O5. The minimum Gasteiger partial charge on any atom is -0.480 e. The van der Waals surface area contributed by atoms with Crippen molar-refractivity contribution in [3.8, 4) is 0 Å². The highest BCUT2D eigenvalue weighted by Gasteiger charge is 2.27. The van der Waals surface area contributed by atoms with Crippen LogP contribution in [0.5, 0.6) is 0 Å². The molecule has 7 nitrogen and oxygen atoms in total. The van der Waals surface area contributed by atoms with Crippen LogP contribution in [0.3, 0.4) is 0 Å². The molecule has 0 radical (unpaired) electrons. The molecule has 0 aromatic carbocycles. The maximum Gasteiger partial charge on any atom is 0.321 e. The average Bonchev–Trinajstić information content (AvgIpc) is 2.72. The lowest BCUT2D eigenvalue weighted by Gasteiger charge is -2.21. The lowest BCUT2D eigenvalue weighted by molar-refractivity contribution is -0.142. The van der Waals surface area contributed by atoms with Crippen molar-refractivity contribution in [3.63, 3.8) is 0 Å². The van der Waals surface area contributed by atoms with E-state index in [1.54, 1.807) is 13.0 Å². The SMILES string of the molecule is Cc1cc(C[C@H](NC(CC(C)C)C(=O)O)C(=O)O)no1. The molecule has 2 atom stereocenters. The van der Waals surface area contributed by atoms with Crippen molar-refractivity contribution in [2.45, 2.75) is 45.7 Å². The molecular weight excluding hydrogens is 264 g/mol. The summed E-state index contributed by atoms with van der Waals surface area (Å²) in [5.74, 6) is -1.43. The first-order valence-corrected chi connectivity index (χ1v) is 6.43. The molecule has 0 bridgehead atoms. The molecule has 0 aliphatic heterocycles. The molecule has 0 aliphatic rings. The number of hydrogen-bond donors (Lipinski definition) is 3. The van der Waals surface area contributed by atoms with E-state index in [2.05, 4.69) is 10.5 Å². The number of nitrogens with one attached hydrogen (secondary N) is 1. The van der Waals surface area contributed by atoms with Crippen molar-refractivity contribution in [3.05, 3.63) is 17.5 Å². The standard InChI is InChI=1S/C13H20N2O5/c1-7(2)4-10(12(16)17)14-11(13(18)19)6-9-5-8(3)20-15-9/h5,7,10-11,14H,4,6H2,1-3H3,(H,16,17)(H,18,19)/t10?,11-/m0/s1. The maximum atomic E-state index is 11.2. The van der Waals surface area contributed by atoms with Gasteiger partial charge in [-0.1, -0.05) is 19.0 Å². The van der Waals surface area contributed by atoms with Gasteiger partial charge in [-0.05, 0) is 19.3 Å². The fraction of sp³-hybridized carbons (Fsp3) is 0.615. The average molecular weight is 284 g/mol. The summed E-state index contributed by atoms with van der Waals surface area (Å²) in [7, 11) is 0. The number of aryl methyl sites for hydroxylation is 1. The summed E-state index contributed by atoms with van der Waals surface area (Å²) in [6.45, 7) is 5.47. The van der Waals surface area contributed by atoms with Gasteiger partial charge >= 0.3 is 11.9 Å². The Morgan fingerprint density at radius 1 is 1.30 bits per heavy atom. The van der Waals surface area contributed by atoms with E-state index in [0.29, 0.717) is 17.9 Å². The Morgan fingerprint density at radius 3 is 2.30 bits per heavy atom. The molecule has 1 aromatic heterocycles. The number of carboxylic acid groups (broad SMARTS) is 2. The van der Waals surface area contributed by atoms with Crippen LogP contribution in [0, 0.1) is 12.8 Å². The van der Waals surface area contributed by atoms with E-state index in [1.807, 2.05) is 13.8 Å². The number of aliphatic carboxylic acids is 2. The minimum absolute atomic E-state index is 0.0779. The lowest BCUT2D eigenvalue weighted by atomic mass is 10.0. The zero-order chi connectivity index (χ0) is 15.3. The Hall–Kier alpha value is -1.89. The molecule has 1 rings (SSSR count). The lowest BCUT2D eigenvalue weighted by Crippen LogP contribution is -2.48. The molecule has 0 saturated carbocycles. The third kappa shape index (κ3) is 5.00. The van der Waals surface area contributed by atoms with Crippen molar-refractivity contribution in [2.24, 2.45) is 5.92 Å². The Bertz CT molecular complexity index is 469. The van der Waals surface area contributed by atoms with Crippen LogP contribution in [0.15, 0.2) is 10.6 Å². The van der Waals surface area contributed by atoms with Crippen molar-refractivity contribution in [1.82, 2.24) is 10.5 Å². The number of carboxylic acids is 2. The Kier molecular flexibility index (Phi) is 5.69. The largest absolute Gasteiger partial charge is 0.480 e. The highest BCUT2D eigenvalue weighted by molar-refractivity contribution is 5.77. The molecule has 1 unspecified atom stereocenters. The number of aromatic nitrogens is 1. The van der Waals surface area contributed by atoms with Crippen LogP contribution in [0.1, 0.15) is 31.7 Å². The van der Waals surface area contributed by atoms with E-state index in [4.69, 9.17) is 9.63 Å². The number of carbonyl (C=O) groups is 2. The van der Waals surface area contributed by atoms with Gasteiger partial charge in [0.05, 0.1) is 5.69 Å². The van der Waals surface area contributed by atoms with E-state index in [-0.39, 0.29) is 12.3 Å². The first kappa shape index (κ1) is 16.2. The molecule has 0 saturated heterocycles. The van der Waals surface area contributed by atoms with Gasteiger partial charge in [-0.15, -0.1) is 0 Å². The second-order valence-electron chi connectivity index (χ2n) is 5.21. The van der Waals surface area contributed by atoms with Gasteiger partial charge in [0.25, 0.3) is 0 Å². The molecule has 0 amide bonds. The molecule has 112 valence electrons. The first-order chi connectivity index (χ1) is 9.29. The van der Waals surface area contributed by atoms with Gasteiger partial charge in [0.15, 0.2) is 0 Å². The quantitative estimate of drug-likeness (QED) is 0.654. The van der Waals surface area contributed by atoms with Crippen LogP contribution in [0.2, 0.25) is 0 Å². The molecule has 7 heteroatoms. The molecule has 20 heavy (non-hydrogen) atoms. The normalized spacial score (nSPS) is 14.2. The Morgan fingerprint density at radius 2 is 1.90 bits per heavy atom. The topological polar surface area (TPSA) is 113 Å². The second kappa shape index (κ2) is 7.04. The third-order valence-corrected chi connectivity index (χ3v) is 2.80. The van der Waals surface area contributed by atoms with Crippen molar-refractivity contribution in [1.29, 1.82) is 0 Å². The Labute approximate surface area is 117 Å². The van der Waals surface area contributed by atoms with E-state index < -0.39 is 24.0 Å². The fourth-order valence-electron chi connectivity index (χ4n) is 1.90. The van der Waals surface area contributed by atoms with E-state index in [1.165, 1.54) is 0 Å². The molecule has 0 aliphatic carbocycles. The summed E-state index contributed by atoms with van der Waals surface area (Å²) >= 11 is 0. The number of nitrogens with zero attached hydrogens (tertiary/aromatic N) is 1. The van der Waals surface area contributed by atoms with E-state index >= 15 is 0 Å². The second-order valence-corrected chi connectivity index (χ2v) is 5.21. The fourth-order valence-corrected chi connectivity index (χ4v) is 1.90. The summed E-state index contributed by atoms with van der Waals surface area (Å²) in [4.78, 5) is 22.4. The van der Waals surface area contributed by atoms with Crippen LogP contribution in [0.4, 0.5) is 0 Å². The number of hydrogen-bond acceptors (Lipinski definition) is 5. The van der Waals surface area contributed by atoms with Crippen LogP contribution >= 0.6 is 0 Å². The smallest absolute Gasteiger partial charge is 0.321 e. The molecule has 0 spiro atoms. The highest BCUT2D eigenvalue weighted by atomic mass is 16.5. The number of rotatable bonds is 8. The van der Waals surface area contributed by atoms with Crippen molar-refractivity contribution >= 4 is 11.9 Å². The summed E-state index contributed by atoms with van der Waals surface area (Å²) in [6.07, 6.45) is 0.436. The third-order valence-electron chi connectivity index (χ3n) is 2.80. The highest BCUT2D eigenvalue weighted by Crippen LogP contribution is 2.09. The van der Waals surface area contributed by atoms with Crippen LogP contribution in [-0.4, -0.2) is 39.4 Å². The predicted molar refractivity (Wildman–Crippen MR) is 70.4 cm³/mol. The summed E-state index contributed by atoms with van der Waals surface area (Å²) in [5, 5.41) is 24.7. The summed E-state index contributed by atoms with van der Waals surface area (Å²) in [6, 6.07) is -0.279. The first-order valence-electron chi connectivity index (χ1n) is 6.43. The van der Waals surface area contributed by atoms with Crippen molar-refractivity contribution in [2.75, 3.05) is 0 Å². The van der Waals surface area contributed by atoms with Gasteiger partial charge in [-0.25, -0.2) is 0 Å². The van der Waals surface area contributed by atoms with Crippen LogP contribution < -0.4 is 5.32 Å². The van der Waals surface area contributed by atoms with Crippen LogP contribution in [0.25, 0.3) is 0 Å². The van der Waals surface area contributed by atoms with Gasteiger partial charge in [-0.3, -0.25) is 14.9 Å². The van der Waals surface area contributed by atoms with E-state index in [9.17, 15) is 14.7 Å². The van der Waals surface area contributed by atoms with Gasteiger partial charge in [0.1, 0.15) is 17.8 Å². The zero-order valence-electron chi connectivity index (χ0n) is 11.8. The van der Waals surface area contributed by atoms with Crippen LogP contribution in [-0.2, 0) is 16.0 Å². The summed E-state index contributed by atoms with van der Waals surface area (Å²) in [5.41, 5.74) is 0.482. The maximum absolute atomic E-state index is 11.2. The molecule has 3 N–H and O–H groups in total. The molecule has 1 heterocycles. The molecule has 1 aromatic rings. The van der Waals surface area contributed by atoms with Gasteiger partial charge < -0.3 is 14.7 Å². The van der Waals surface area contributed by atoms with E-state index in [0.717, 1.165) is 0 Å². The van der Waals surface area contributed by atoms with Crippen molar-refractivity contribution < 1.29 is 24.3 Å². The molecule has 0 fully saturated rings. The summed E-state index contributed by atoms with van der Waals surface area (Å²) < 4.78 is 4.88. The monoisotopic (exact) mass is 284 g/mol. The Balaban J connectivity index is 2.74. The zero-order valence-corrected chi connectivity index (χ0v) is 11.8. The predicted octanol–water partition coefficient (Wildman–Crippen LogP) is 1.07.